The van der Waals surface area contributed by atoms with E-state index >= 15 is 0 Å². The van der Waals surface area contributed by atoms with E-state index in [1.165, 1.54) is 0 Å². The van der Waals surface area contributed by atoms with Gasteiger partial charge >= 0.3 is 5.97 Å². The van der Waals surface area contributed by atoms with E-state index in [9.17, 15) is 20.1 Å². The van der Waals surface area contributed by atoms with Gasteiger partial charge < -0.3 is 35.7 Å². The highest BCUT2D eigenvalue weighted by atomic mass is 16.5. The van der Waals surface area contributed by atoms with Gasteiger partial charge in [-0.05, 0) is 12.1 Å². The van der Waals surface area contributed by atoms with E-state index in [1.807, 2.05) is 0 Å². The van der Waals surface area contributed by atoms with Crippen LogP contribution in [0.4, 0.5) is 0 Å². The fraction of sp³-hybridized carbons (Fsp3) is 0.222. The fourth-order valence-corrected chi connectivity index (χ4v) is 1.17. The number of nitrogens with two attached hydrogens (primary N) is 1. The van der Waals surface area contributed by atoms with Gasteiger partial charge in [0.1, 0.15) is 0 Å². The maximum Gasteiger partial charge on any atom is 0.357 e. The Bertz CT molecular complexity index is 472. The van der Waals surface area contributed by atoms with Gasteiger partial charge in [-0.3, -0.25) is 5.73 Å². The highest BCUT2D eigenvalue weighted by molar-refractivity contribution is 5.78. The molecule has 0 saturated heterocycles. The van der Waals surface area contributed by atoms with Crippen molar-refractivity contribution in [3.63, 3.8) is 0 Å². The Balaban J connectivity index is 3.42. The van der Waals surface area contributed by atoms with Gasteiger partial charge in [0.2, 0.25) is 5.79 Å². The van der Waals surface area contributed by atoms with Gasteiger partial charge in [0.25, 0.3) is 5.72 Å². The third-order valence-electron chi connectivity index (χ3n) is 2.33. The quantitative estimate of drug-likeness (QED) is 0.218. The second kappa shape index (κ2) is 3.99. The maximum atomic E-state index is 10.6. The molecule has 0 heterocycles. The van der Waals surface area contributed by atoms with Crippen molar-refractivity contribution in [3.8, 4) is 17.2 Å². The van der Waals surface area contributed by atoms with Crippen molar-refractivity contribution < 1.29 is 40.5 Å². The molecule has 9 heteroatoms. The number of aromatic hydroxyl groups is 3. The van der Waals surface area contributed by atoms with Gasteiger partial charge in [-0.15, -0.1) is 0 Å². The summed E-state index contributed by atoms with van der Waals surface area (Å²) in [6, 6.07) is 1.05. The van der Waals surface area contributed by atoms with E-state index in [4.69, 9.17) is 26.2 Å². The first-order valence-electron chi connectivity index (χ1n) is 4.46. The predicted octanol–water partition coefficient (Wildman–Crippen LogP) is -2.33. The molecule has 18 heavy (non-hydrogen) atoms. The summed E-state index contributed by atoms with van der Waals surface area (Å²) < 4.78 is 0. The van der Waals surface area contributed by atoms with E-state index in [2.05, 4.69) is 0 Å². The lowest BCUT2D eigenvalue weighted by Crippen LogP contribution is -2.63. The zero-order chi connectivity index (χ0) is 14.3. The van der Waals surface area contributed by atoms with Crippen molar-refractivity contribution in [2.45, 2.75) is 11.5 Å². The smallest absolute Gasteiger partial charge is 0.357 e. The third kappa shape index (κ3) is 1.91. The molecule has 0 aromatic heterocycles. The van der Waals surface area contributed by atoms with Gasteiger partial charge in [-0.1, -0.05) is 0 Å². The molecular formula is C9H11NO8. The summed E-state index contributed by atoms with van der Waals surface area (Å²) >= 11 is 0. The van der Waals surface area contributed by atoms with E-state index in [-0.39, 0.29) is 0 Å². The second-order valence-corrected chi connectivity index (χ2v) is 3.61. The molecule has 1 aromatic rings. The minimum Gasteiger partial charge on any atom is -0.504 e. The van der Waals surface area contributed by atoms with Gasteiger partial charge in [0.05, 0.1) is 0 Å². The molecule has 1 atom stereocenters. The number of carboxylic acids is 1. The first kappa shape index (κ1) is 14.0. The zero-order valence-corrected chi connectivity index (χ0v) is 8.77. The number of carboxylic acid groups (broad SMARTS) is 1. The number of phenols is 3. The summed E-state index contributed by atoms with van der Waals surface area (Å²) in [4.78, 5) is 10.6. The number of aliphatic carboxylic acids is 1. The number of phenolic OH excluding ortho intramolecular Hbond substituents is 3. The van der Waals surface area contributed by atoms with Crippen molar-refractivity contribution in [1.82, 2.24) is 0 Å². The molecule has 0 fully saturated rings. The molecule has 0 aliphatic heterocycles. The van der Waals surface area contributed by atoms with Gasteiger partial charge in [0.15, 0.2) is 17.2 Å². The molecule has 0 aliphatic rings. The monoisotopic (exact) mass is 261 g/mol. The van der Waals surface area contributed by atoms with Crippen LogP contribution in [0, 0.1) is 0 Å². The van der Waals surface area contributed by atoms with E-state index < -0.39 is 40.3 Å². The van der Waals surface area contributed by atoms with Crippen LogP contribution >= 0.6 is 0 Å². The van der Waals surface area contributed by atoms with Gasteiger partial charge in [-0.25, -0.2) is 4.79 Å². The maximum absolute atomic E-state index is 10.6. The highest BCUT2D eigenvalue weighted by Crippen LogP contribution is 2.39. The minimum absolute atomic E-state index is 0.524. The summed E-state index contributed by atoms with van der Waals surface area (Å²) in [6.07, 6.45) is 0. The lowest BCUT2D eigenvalue weighted by Gasteiger charge is -2.32. The van der Waals surface area contributed by atoms with Crippen LogP contribution in [0.15, 0.2) is 12.1 Å². The van der Waals surface area contributed by atoms with Crippen molar-refractivity contribution in [2.24, 2.45) is 5.73 Å². The SMILES string of the molecule is NC(O)(C(=O)O)C(O)(O)c1cc(O)c(O)c(O)c1. The Morgan fingerprint density at radius 3 is 1.78 bits per heavy atom. The van der Waals surface area contributed by atoms with Crippen molar-refractivity contribution in [3.05, 3.63) is 17.7 Å². The standard InChI is InChI=1S/C9H11NO8/c10-8(16,7(14)15)9(17,18)3-1-4(11)6(13)5(12)2-3/h1-2,11-13,16-18H,10H2,(H,14,15). The molecule has 0 amide bonds. The fourth-order valence-electron chi connectivity index (χ4n) is 1.17. The Morgan fingerprint density at radius 1 is 1.06 bits per heavy atom. The van der Waals surface area contributed by atoms with Crippen LogP contribution < -0.4 is 5.73 Å². The van der Waals surface area contributed by atoms with Crippen LogP contribution in [0.5, 0.6) is 17.2 Å². The zero-order valence-electron chi connectivity index (χ0n) is 8.77. The predicted molar refractivity (Wildman–Crippen MR) is 54.3 cm³/mol. The Morgan fingerprint density at radius 2 is 1.44 bits per heavy atom. The molecule has 1 unspecified atom stereocenters. The van der Waals surface area contributed by atoms with Crippen LogP contribution in [-0.2, 0) is 10.6 Å². The normalized spacial score (nSPS) is 15.1. The first-order valence-corrected chi connectivity index (χ1v) is 4.46. The van der Waals surface area contributed by atoms with Crippen LogP contribution in [-0.4, -0.2) is 47.4 Å². The first-order chi connectivity index (χ1) is 8.01. The molecule has 9 nitrogen and oxygen atoms in total. The van der Waals surface area contributed by atoms with Gasteiger partial charge in [0, 0.05) is 5.56 Å². The van der Waals surface area contributed by atoms with Crippen molar-refractivity contribution in [1.29, 1.82) is 0 Å². The molecule has 0 spiro atoms. The number of benzene rings is 1. The molecule has 0 radical (unpaired) electrons. The molecule has 1 aromatic carbocycles. The number of hydrogen-bond donors (Lipinski definition) is 8. The summed E-state index contributed by atoms with van der Waals surface area (Å²) in [7, 11) is 0. The topological polar surface area (TPSA) is 185 Å². The third-order valence-corrected chi connectivity index (χ3v) is 2.33. The van der Waals surface area contributed by atoms with E-state index in [1.54, 1.807) is 0 Å². The van der Waals surface area contributed by atoms with Crippen molar-refractivity contribution >= 4 is 5.97 Å². The van der Waals surface area contributed by atoms with E-state index in [0.29, 0.717) is 12.1 Å². The number of rotatable bonds is 3. The molecule has 1 rings (SSSR count). The molecule has 0 aliphatic carbocycles. The number of carbonyl (C=O) groups is 1. The molecular weight excluding hydrogens is 250 g/mol. The summed E-state index contributed by atoms with van der Waals surface area (Å²) in [5, 5.41) is 64.2. The number of hydrogen-bond acceptors (Lipinski definition) is 8. The number of aliphatic hydroxyl groups is 3. The highest BCUT2D eigenvalue weighted by Gasteiger charge is 2.53. The summed E-state index contributed by atoms with van der Waals surface area (Å²) in [5.41, 5.74) is 0.510. The molecule has 0 saturated carbocycles. The average Bonchev–Trinajstić information content (AvgIpc) is 2.24. The summed E-state index contributed by atoms with van der Waals surface area (Å²) in [5.74, 6) is -8.54. The largest absolute Gasteiger partial charge is 0.504 e. The van der Waals surface area contributed by atoms with Gasteiger partial charge in [-0.2, -0.15) is 0 Å². The lowest BCUT2D eigenvalue weighted by atomic mass is 9.94. The van der Waals surface area contributed by atoms with Crippen LogP contribution in [0.25, 0.3) is 0 Å². The minimum atomic E-state index is -3.51. The lowest BCUT2D eigenvalue weighted by molar-refractivity contribution is -0.280. The Labute approximate surface area is 99.6 Å². The Kier molecular flexibility index (Phi) is 3.11. The summed E-state index contributed by atoms with van der Waals surface area (Å²) in [6.45, 7) is 0. The van der Waals surface area contributed by atoms with Crippen LogP contribution in [0.2, 0.25) is 0 Å². The van der Waals surface area contributed by atoms with Crippen LogP contribution in [0.1, 0.15) is 5.56 Å². The second-order valence-electron chi connectivity index (χ2n) is 3.61. The Hall–Kier alpha value is -2.07. The molecule has 0 bridgehead atoms. The van der Waals surface area contributed by atoms with E-state index in [0.717, 1.165) is 0 Å². The van der Waals surface area contributed by atoms with Crippen molar-refractivity contribution in [2.75, 3.05) is 0 Å². The molecule has 9 N–H and O–H groups in total. The molecule has 100 valence electrons. The average molecular weight is 261 g/mol. The van der Waals surface area contributed by atoms with Crippen LogP contribution in [0.3, 0.4) is 0 Å².